The summed E-state index contributed by atoms with van der Waals surface area (Å²) < 4.78 is 10.7. The van der Waals surface area contributed by atoms with Crippen LogP contribution in [-0.4, -0.2) is 43.4 Å². The number of ether oxygens (including phenoxy) is 2. The lowest BCUT2D eigenvalue weighted by Crippen LogP contribution is -2.36. The third-order valence-corrected chi connectivity index (χ3v) is 4.44. The second-order valence-electron chi connectivity index (χ2n) is 6.38. The molecule has 1 aromatic heterocycles. The summed E-state index contributed by atoms with van der Waals surface area (Å²) in [6.07, 6.45) is 0. The van der Waals surface area contributed by atoms with Gasteiger partial charge in [-0.1, -0.05) is 18.2 Å². The first-order chi connectivity index (χ1) is 13.8. The fourth-order valence-corrected chi connectivity index (χ4v) is 2.98. The molecule has 1 aliphatic heterocycles. The number of para-hydroxylation sites is 1. The number of anilines is 5. The minimum atomic E-state index is 0.547. The summed E-state index contributed by atoms with van der Waals surface area (Å²) in [5.74, 6) is 2.95. The molecule has 4 rings (SSSR count). The van der Waals surface area contributed by atoms with Crippen LogP contribution < -0.4 is 20.3 Å². The first-order valence-electron chi connectivity index (χ1n) is 9.25. The van der Waals surface area contributed by atoms with E-state index in [1.165, 1.54) is 0 Å². The van der Waals surface area contributed by atoms with Crippen LogP contribution in [0.1, 0.15) is 0 Å². The molecule has 7 heteroatoms. The van der Waals surface area contributed by atoms with Gasteiger partial charge in [-0.25, -0.2) is 0 Å². The molecule has 1 aliphatic rings. The lowest BCUT2D eigenvalue weighted by molar-refractivity contribution is 0.122. The Morgan fingerprint density at radius 3 is 2.32 bits per heavy atom. The molecule has 2 aromatic carbocycles. The number of nitrogens with one attached hydrogen (secondary N) is 2. The molecule has 7 nitrogen and oxygen atoms in total. The Labute approximate surface area is 164 Å². The SMILES string of the molecule is COc1ccc(Nc2cc(N3CCOCC3)nc(Nc3ccccc3)n2)cc1. The fraction of sp³-hybridized carbons (Fsp3) is 0.238. The van der Waals surface area contributed by atoms with Crippen LogP contribution >= 0.6 is 0 Å². The Morgan fingerprint density at radius 2 is 1.61 bits per heavy atom. The molecule has 0 bridgehead atoms. The van der Waals surface area contributed by atoms with Gasteiger partial charge in [0.15, 0.2) is 0 Å². The number of methoxy groups -OCH3 is 1. The van der Waals surface area contributed by atoms with E-state index >= 15 is 0 Å². The van der Waals surface area contributed by atoms with Crippen LogP contribution in [0.3, 0.4) is 0 Å². The van der Waals surface area contributed by atoms with Gasteiger partial charge >= 0.3 is 0 Å². The van der Waals surface area contributed by atoms with Crippen LogP contribution in [0.2, 0.25) is 0 Å². The molecule has 0 saturated carbocycles. The highest BCUT2D eigenvalue weighted by Gasteiger charge is 2.15. The summed E-state index contributed by atoms with van der Waals surface area (Å²) in [6, 6.07) is 19.6. The average molecular weight is 377 g/mol. The predicted molar refractivity (Wildman–Crippen MR) is 111 cm³/mol. The van der Waals surface area contributed by atoms with Crippen molar-refractivity contribution >= 4 is 29.0 Å². The topological polar surface area (TPSA) is 71.5 Å². The van der Waals surface area contributed by atoms with Crippen molar-refractivity contribution < 1.29 is 9.47 Å². The molecule has 1 saturated heterocycles. The van der Waals surface area contributed by atoms with Crippen molar-refractivity contribution in [3.05, 3.63) is 60.7 Å². The van der Waals surface area contributed by atoms with E-state index in [2.05, 4.69) is 20.5 Å². The highest BCUT2D eigenvalue weighted by Crippen LogP contribution is 2.25. The van der Waals surface area contributed by atoms with Crippen LogP contribution in [0, 0.1) is 0 Å². The molecule has 2 N–H and O–H groups in total. The molecule has 3 aromatic rings. The summed E-state index contributed by atoms with van der Waals surface area (Å²) in [5, 5.41) is 6.64. The third kappa shape index (κ3) is 4.50. The zero-order valence-electron chi connectivity index (χ0n) is 15.8. The van der Waals surface area contributed by atoms with Crippen molar-refractivity contribution in [2.45, 2.75) is 0 Å². The van der Waals surface area contributed by atoms with Gasteiger partial charge in [-0.15, -0.1) is 0 Å². The molecular weight excluding hydrogens is 354 g/mol. The van der Waals surface area contributed by atoms with E-state index in [1.54, 1.807) is 7.11 Å². The number of hydrogen-bond acceptors (Lipinski definition) is 7. The predicted octanol–water partition coefficient (Wildman–Crippen LogP) is 3.81. The monoisotopic (exact) mass is 377 g/mol. The number of rotatable bonds is 6. The van der Waals surface area contributed by atoms with Crippen LogP contribution in [0.15, 0.2) is 60.7 Å². The van der Waals surface area contributed by atoms with Gasteiger partial charge in [-0.2, -0.15) is 9.97 Å². The molecule has 144 valence electrons. The van der Waals surface area contributed by atoms with Crippen molar-refractivity contribution in [3.63, 3.8) is 0 Å². The van der Waals surface area contributed by atoms with Crippen molar-refractivity contribution in [3.8, 4) is 5.75 Å². The van der Waals surface area contributed by atoms with E-state index in [0.717, 1.165) is 41.8 Å². The molecule has 0 atom stereocenters. The Hall–Kier alpha value is -3.32. The summed E-state index contributed by atoms with van der Waals surface area (Å²) >= 11 is 0. The van der Waals surface area contributed by atoms with Crippen molar-refractivity contribution in [1.82, 2.24) is 9.97 Å². The lowest BCUT2D eigenvalue weighted by Gasteiger charge is -2.28. The second kappa shape index (κ2) is 8.58. The summed E-state index contributed by atoms with van der Waals surface area (Å²) in [6.45, 7) is 3.02. The van der Waals surface area contributed by atoms with Gasteiger partial charge in [0.25, 0.3) is 0 Å². The second-order valence-corrected chi connectivity index (χ2v) is 6.38. The average Bonchev–Trinajstić information content (AvgIpc) is 2.75. The van der Waals surface area contributed by atoms with Crippen LogP contribution in [0.4, 0.5) is 29.0 Å². The zero-order valence-corrected chi connectivity index (χ0v) is 15.8. The Bertz CT molecular complexity index is 896. The first kappa shape index (κ1) is 18.1. The molecule has 0 amide bonds. The van der Waals surface area contributed by atoms with Crippen molar-refractivity contribution in [1.29, 1.82) is 0 Å². The Balaban J connectivity index is 1.62. The molecule has 28 heavy (non-hydrogen) atoms. The quantitative estimate of drug-likeness (QED) is 0.677. The van der Waals surface area contributed by atoms with E-state index in [9.17, 15) is 0 Å². The van der Waals surface area contributed by atoms with Gasteiger partial charge in [0, 0.05) is 30.5 Å². The standard InChI is InChI=1S/C21H23N5O2/c1-27-18-9-7-17(8-10-18)22-19-15-20(26-11-13-28-14-12-26)25-21(24-19)23-16-5-3-2-4-6-16/h2-10,15H,11-14H2,1H3,(H2,22,23,24,25). The number of morpholine rings is 1. The van der Waals surface area contributed by atoms with E-state index in [0.29, 0.717) is 19.2 Å². The first-order valence-corrected chi connectivity index (χ1v) is 9.25. The summed E-state index contributed by atoms with van der Waals surface area (Å²) in [5.41, 5.74) is 1.87. The van der Waals surface area contributed by atoms with Gasteiger partial charge in [-0.3, -0.25) is 0 Å². The largest absolute Gasteiger partial charge is 0.497 e. The summed E-state index contributed by atoms with van der Waals surface area (Å²) in [4.78, 5) is 11.6. The van der Waals surface area contributed by atoms with Crippen LogP contribution in [-0.2, 0) is 4.74 Å². The molecule has 0 radical (unpaired) electrons. The van der Waals surface area contributed by atoms with Gasteiger partial charge in [-0.05, 0) is 36.4 Å². The van der Waals surface area contributed by atoms with Crippen molar-refractivity contribution in [2.24, 2.45) is 0 Å². The van der Waals surface area contributed by atoms with Gasteiger partial charge in [0.05, 0.1) is 20.3 Å². The summed E-state index contributed by atoms with van der Waals surface area (Å²) in [7, 11) is 1.66. The normalized spacial score (nSPS) is 13.8. The molecule has 1 fully saturated rings. The van der Waals surface area contributed by atoms with E-state index < -0.39 is 0 Å². The van der Waals surface area contributed by atoms with Gasteiger partial charge < -0.3 is 25.0 Å². The molecule has 2 heterocycles. The van der Waals surface area contributed by atoms with E-state index in [-0.39, 0.29) is 0 Å². The maximum Gasteiger partial charge on any atom is 0.231 e. The molecular formula is C21H23N5O2. The highest BCUT2D eigenvalue weighted by atomic mass is 16.5. The molecule has 0 unspecified atom stereocenters. The van der Waals surface area contributed by atoms with Gasteiger partial charge in [0.2, 0.25) is 5.95 Å². The minimum Gasteiger partial charge on any atom is -0.497 e. The lowest BCUT2D eigenvalue weighted by atomic mass is 10.3. The number of benzene rings is 2. The van der Waals surface area contributed by atoms with Crippen molar-refractivity contribution in [2.75, 3.05) is 48.9 Å². The smallest absolute Gasteiger partial charge is 0.231 e. The van der Waals surface area contributed by atoms with Crippen LogP contribution in [0.5, 0.6) is 5.75 Å². The van der Waals surface area contributed by atoms with E-state index in [1.807, 2.05) is 60.7 Å². The highest BCUT2D eigenvalue weighted by molar-refractivity contribution is 5.64. The number of aromatic nitrogens is 2. The number of hydrogen-bond donors (Lipinski definition) is 2. The fourth-order valence-electron chi connectivity index (χ4n) is 2.98. The van der Waals surface area contributed by atoms with E-state index in [4.69, 9.17) is 14.5 Å². The number of nitrogens with zero attached hydrogens (tertiary/aromatic N) is 3. The van der Waals surface area contributed by atoms with Gasteiger partial charge in [0.1, 0.15) is 17.4 Å². The zero-order chi connectivity index (χ0) is 19.2. The Morgan fingerprint density at radius 1 is 0.893 bits per heavy atom. The molecule has 0 aliphatic carbocycles. The van der Waals surface area contributed by atoms with Crippen LogP contribution in [0.25, 0.3) is 0 Å². The Kier molecular flexibility index (Phi) is 5.53. The third-order valence-electron chi connectivity index (χ3n) is 4.44. The maximum atomic E-state index is 5.47. The molecule has 0 spiro atoms. The maximum absolute atomic E-state index is 5.47. The minimum absolute atomic E-state index is 0.547.